The summed E-state index contributed by atoms with van der Waals surface area (Å²) < 4.78 is 68.6. The first-order chi connectivity index (χ1) is 46.1. The molecule has 3 unspecified atom stereocenters. The molecule has 0 fully saturated rings. The number of rotatable bonds is 74. The molecule has 0 bridgehead atoms. The molecule has 0 amide bonds. The highest BCUT2D eigenvalue weighted by Gasteiger charge is 2.30. The van der Waals surface area contributed by atoms with E-state index in [-0.39, 0.29) is 25.7 Å². The second kappa shape index (κ2) is 66.3. The van der Waals surface area contributed by atoms with Crippen LogP contribution in [0.2, 0.25) is 0 Å². The Morgan fingerprint density at radius 3 is 0.740 bits per heavy atom. The first kappa shape index (κ1) is 94.1. The SMILES string of the molecule is CCC(C)CCCCCCCCCCCCC(=O)O[C@H](COC(=O)CCCCCCCCCCCC(C)C)COP(=O)(O)OC[C@H](O)COP(=O)(O)OC[C@@H](COC(=O)CCCCCCCCCCCCCCC(C)C)OC(=O)CCCCCCCCCCCCCCC(C)C. The molecule has 6 atom stereocenters. The average molecular weight is 1410 g/mol. The van der Waals surface area contributed by atoms with E-state index in [1.54, 1.807) is 0 Å². The highest BCUT2D eigenvalue weighted by Crippen LogP contribution is 2.45. The van der Waals surface area contributed by atoms with E-state index in [0.29, 0.717) is 25.7 Å². The van der Waals surface area contributed by atoms with Crippen molar-refractivity contribution in [3.63, 3.8) is 0 Å². The molecule has 570 valence electrons. The molecule has 0 rings (SSSR count). The van der Waals surface area contributed by atoms with Crippen molar-refractivity contribution < 1.29 is 80.2 Å². The minimum atomic E-state index is -4.96. The third-order valence-corrected chi connectivity index (χ3v) is 20.1. The zero-order valence-electron chi connectivity index (χ0n) is 63.0. The topological polar surface area (TPSA) is 237 Å². The van der Waals surface area contributed by atoms with Gasteiger partial charge in [0.25, 0.3) is 0 Å². The molecule has 96 heavy (non-hydrogen) atoms. The Labute approximate surface area is 588 Å². The number of phosphoric acid groups is 2. The van der Waals surface area contributed by atoms with E-state index in [2.05, 4.69) is 55.4 Å². The van der Waals surface area contributed by atoms with Crippen LogP contribution in [0.4, 0.5) is 0 Å². The van der Waals surface area contributed by atoms with Gasteiger partial charge in [0.1, 0.15) is 19.3 Å². The van der Waals surface area contributed by atoms with Crippen LogP contribution in [0.5, 0.6) is 0 Å². The maximum Gasteiger partial charge on any atom is 0.472 e. The largest absolute Gasteiger partial charge is 0.472 e. The summed E-state index contributed by atoms with van der Waals surface area (Å²) in [6.07, 6.45) is 51.2. The summed E-state index contributed by atoms with van der Waals surface area (Å²) in [5.74, 6) is 0.987. The fraction of sp³-hybridized carbons (Fsp3) is 0.948. The number of phosphoric ester groups is 2. The molecule has 0 aliphatic heterocycles. The number of esters is 4. The van der Waals surface area contributed by atoms with Gasteiger partial charge in [-0.1, -0.05) is 338 Å². The van der Waals surface area contributed by atoms with E-state index in [1.165, 1.54) is 193 Å². The van der Waals surface area contributed by atoms with Gasteiger partial charge in [0, 0.05) is 25.7 Å². The summed E-state index contributed by atoms with van der Waals surface area (Å²) in [6.45, 7) is 14.2. The van der Waals surface area contributed by atoms with Crippen LogP contribution >= 0.6 is 15.6 Å². The zero-order valence-corrected chi connectivity index (χ0v) is 64.8. The van der Waals surface area contributed by atoms with Crippen LogP contribution in [0.25, 0.3) is 0 Å². The Bertz CT molecular complexity index is 1890. The van der Waals surface area contributed by atoms with Crippen molar-refractivity contribution in [2.24, 2.45) is 23.7 Å². The average Bonchev–Trinajstić information content (AvgIpc) is 1.12. The van der Waals surface area contributed by atoms with Gasteiger partial charge in [0.2, 0.25) is 0 Å². The number of ether oxygens (including phenoxy) is 4. The Morgan fingerprint density at radius 2 is 0.500 bits per heavy atom. The molecule has 0 saturated carbocycles. The number of hydrogen-bond donors (Lipinski definition) is 3. The van der Waals surface area contributed by atoms with Gasteiger partial charge in [0.15, 0.2) is 12.2 Å². The van der Waals surface area contributed by atoms with Gasteiger partial charge >= 0.3 is 39.5 Å². The lowest BCUT2D eigenvalue weighted by Crippen LogP contribution is -2.30. The van der Waals surface area contributed by atoms with Crippen LogP contribution < -0.4 is 0 Å². The number of carbonyl (C=O) groups excluding carboxylic acids is 4. The summed E-state index contributed by atoms with van der Waals surface area (Å²) in [4.78, 5) is 72.9. The van der Waals surface area contributed by atoms with Gasteiger partial charge < -0.3 is 33.8 Å². The van der Waals surface area contributed by atoms with Crippen LogP contribution in [0.3, 0.4) is 0 Å². The van der Waals surface area contributed by atoms with Gasteiger partial charge in [-0.3, -0.25) is 37.3 Å². The van der Waals surface area contributed by atoms with E-state index >= 15 is 0 Å². The summed E-state index contributed by atoms with van der Waals surface area (Å²) in [5.41, 5.74) is 0. The Kier molecular flexibility index (Phi) is 65.0. The first-order valence-corrected chi connectivity index (χ1v) is 42.7. The van der Waals surface area contributed by atoms with Gasteiger partial charge in [-0.15, -0.1) is 0 Å². The molecule has 0 heterocycles. The number of hydrogen-bond acceptors (Lipinski definition) is 15. The Hall–Kier alpha value is -1.94. The first-order valence-electron chi connectivity index (χ1n) is 39.7. The van der Waals surface area contributed by atoms with Crippen LogP contribution in [-0.4, -0.2) is 96.7 Å². The minimum absolute atomic E-state index is 0.105. The van der Waals surface area contributed by atoms with Crippen molar-refractivity contribution in [3.05, 3.63) is 0 Å². The molecular weight excluding hydrogens is 1260 g/mol. The zero-order chi connectivity index (χ0) is 71.0. The van der Waals surface area contributed by atoms with E-state index in [0.717, 1.165) is 114 Å². The molecule has 0 aromatic rings. The van der Waals surface area contributed by atoms with Crippen molar-refractivity contribution >= 4 is 39.5 Å². The maximum absolute atomic E-state index is 13.1. The quantitative estimate of drug-likeness (QED) is 0.0222. The van der Waals surface area contributed by atoms with E-state index in [1.807, 2.05) is 0 Å². The van der Waals surface area contributed by atoms with Crippen LogP contribution in [0.1, 0.15) is 389 Å². The highest BCUT2D eigenvalue weighted by atomic mass is 31.2. The molecule has 0 radical (unpaired) electrons. The van der Waals surface area contributed by atoms with Crippen LogP contribution in [0, 0.1) is 23.7 Å². The molecule has 0 aromatic carbocycles. The smallest absolute Gasteiger partial charge is 0.462 e. The Balaban J connectivity index is 5.28. The second-order valence-electron chi connectivity index (χ2n) is 29.4. The molecule has 0 aromatic heterocycles. The predicted octanol–water partition coefficient (Wildman–Crippen LogP) is 22.4. The normalized spacial score (nSPS) is 14.4. The van der Waals surface area contributed by atoms with Crippen molar-refractivity contribution in [1.29, 1.82) is 0 Å². The maximum atomic E-state index is 13.1. The summed E-state index contributed by atoms with van der Waals surface area (Å²) in [6, 6.07) is 0. The third kappa shape index (κ3) is 69.2. The lowest BCUT2D eigenvalue weighted by molar-refractivity contribution is -0.161. The molecule has 0 aliphatic carbocycles. The second-order valence-corrected chi connectivity index (χ2v) is 32.3. The molecule has 0 saturated heterocycles. The summed E-state index contributed by atoms with van der Waals surface area (Å²) in [5, 5.41) is 10.6. The fourth-order valence-corrected chi connectivity index (χ4v) is 13.3. The van der Waals surface area contributed by atoms with Gasteiger partial charge in [-0.05, 0) is 49.4 Å². The third-order valence-electron chi connectivity index (χ3n) is 18.2. The van der Waals surface area contributed by atoms with Gasteiger partial charge in [0.05, 0.1) is 26.4 Å². The Morgan fingerprint density at radius 1 is 0.292 bits per heavy atom. The van der Waals surface area contributed by atoms with Crippen molar-refractivity contribution in [1.82, 2.24) is 0 Å². The molecule has 3 N–H and O–H groups in total. The fourth-order valence-electron chi connectivity index (χ4n) is 11.7. The number of carbonyl (C=O) groups is 4. The van der Waals surface area contributed by atoms with Crippen molar-refractivity contribution in [2.75, 3.05) is 39.6 Å². The lowest BCUT2D eigenvalue weighted by atomic mass is 9.99. The monoisotopic (exact) mass is 1410 g/mol. The number of aliphatic hydroxyl groups excluding tert-OH is 1. The molecule has 17 nitrogen and oxygen atoms in total. The van der Waals surface area contributed by atoms with E-state index < -0.39 is 97.5 Å². The standard InChI is InChI=1S/C77H150O17P2/c1-9-70(8)56-48-40-32-24-18-19-27-36-44-52-60-77(82)94-73(64-88-75(80)58-50-42-34-28-20-23-31-39-47-55-69(6)7)66-92-96(85,86)90-62-71(78)61-89-95(83,84)91-65-72(93-76(81)59-51-43-35-26-17-13-11-15-22-30-38-46-54-68(4)5)63-87-74(79)57-49-41-33-25-16-12-10-14-21-29-37-45-53-67(2)3/h67-73,78H,9-66H2,1-8H3,(H,83,84)(H,85,86)/t70?,71-,72-,73-/m1/s1. The minimum Gasteiger partial charge on any atom is -0.462 e. The van der Waals surface area contributed by atoms with Crippen LogP contribution in [-0.2, 0) is 65.4 Å². The molecule has 19 heteroatoms. The van der Waals surface area contributed by atoms with Crippen LogP contribution in [0.15, 0.2) is 0 Å². The summed E-state index contributed by atoms with van der Waals surface area (Å²) in [7, 11) is -9.92. The van der Waals surface area contributed by atoms with E-state index in [4.69, 9.17) is 37.0 Å². The van der Waals surface area contributed by atoms with E-state index in [9.17, 15) is 43.2 Å². The lowest BCUT2D eigenvalue weighted by Gasteiger charge is -2.21. The number of unbranched alkanes of at least 4 members (excludes halogenated alkanes) is 39. The highest BCUT2D eigenvalue weighted by molar-refractivity contribution is 7.47. The van der Waals surface area contributed by atoms with Gasteiger partial charge in [-0.25, -0.2) is 9.13 Å². The van der Waals surface area contributed by atoms with Crippen molar-refractivity contribution in [2.45, 2.75) is 408 Å². The van der Waals surface area contributed by atoms with Gasteiger partial charge in [-0.2, -0.15) is 0 Å². The molecule has 0 aliphatic rings. The predicted molar refractivity (Wildman–Crippen MR) is 391 cm³/mol. The summed E-state index contributed by atoms with van der Waals surface area (Å²) >= 11 is 0. The van der Waals surface area contributed by atoms with Crippen molar-refractivity contribution in [3.8, 4) is 0 Å². The number of aliphatic hydroxyl groups is 1. The molecule has 0 spiro atoms. The molecular formula is C77H150O17P2.